The molecule has 0 bridgehead atoms. The zero-order chi connectivity index (χ0) is 15.2. The van der Waals surface area contributed by atoms with E-state index in [0.29, 0.717) is 12.2 Å². The number of halogens is 1. The molecule has 1 heterocycles. The van der Waals surface area contributed by atoms with E-state index < -0.39 is 11.7 Å². The second kappa shape index (κ2) is 7.08. The molecular weight excluding hydrogens is 289 g/mol. The van der Waals surface area contributed by atoms with Crippen molar-refractivity contribution in [2.45, 2.75) is 11.8 Å². The highest BCUT2D eigenvalue weighted by molar-refractivity contribution is 7.98. The highest BCUT2D eigenvalue weighted by Gasteiger charge is 2.15. The van der Waals surface area contributed by atoms with Crippen LogP contribution in [0.4, 0.5) is 15.9 Å². The van der Waals surface area contributed by atoms with E-state index in [1.165, 1.54) is 12.3 Å². The predicted octanol–water partition coefficient (Wildman–Crippen LogP) is 3.63. The van der Waals surface area contributed by atoms with Gasteiger partial charge in [-0.3, -0.25) is 4.79 Å². The molecule has 1 aromatic carbocycles. The first-order chi connectivity index (χ1) is 10.2. The van der Waals surface area contributed by atoms with Gasteiger partial charge in [-0.1, -0.05) is 0 Å². The molecule has 1 aromatic heterocycles. The topological polar surface area (TPSA) is 54.0 Å². The third-order valence-electron chi connectivity index (χ3n) is 2.83. The molecule has 0 unspecified atom stereocenters. The van der Waals surface area contributed by atoms with E-state index in [4.69, 9.17) is 0 Å². The van der Waals surface area contributed by atoms with Crippen LogP contribution in [0.25, 0.3) is 0 Å². The van der Waals surface area contributed by atoms with Gasteiger partial charge in [0.15, 0.2) is 11.6 Å². The molecule has 2 N–H and O–H groups in total. The van der Waals surface area contributed by atoms with Gasteiger partial charge >= 0.3 is 0 Å². The number of carbonyl (C=O) groups is 1. The molecule has 0 aliphatic carbocycles. The summed E-state index contributed by atoms with van der Waals surface area (Å²) >= 11 is 1.61. The molecule has 110 valence electrons. The molecular formula is C15H16FN3OS. The molecule has 0 radical (unpaired) electrons. The van der Waals surface area contributed by atoms with Crippen molar-refractivity contribution < 1.29 is 9.18 Å². The summed E-state index contributed by atoms with van der Waals surface area (Å²) < 4.78 is 14.1. The van der Waals surface area contributed by atoms with E-state index in [1.54, 1.807) is 23.9 Å². The largest absolute Gasteiger partial charge is 0.368 e. The molecule has 0 saturated carbocycles. The molecule has 4 nitrogen and oxygen atoms in total. The van der Waals surface area contributed by atoms with Gasteiger partial charge in [0, 0.05) is 23.3 Å². The molecule has 1 amide bonds. The fraction of sp³-hybridized carbons (Fsp3) is 0.200. The number of rotatable bonds is 5. The van der Waals surface area contributed by atoms with Crippen LogP contribution < -0.4 is 10.6 Å². The quantitative estimate of drug-likeness (QED) is 0.828. The third-order valence-corrected chi connectivity index (χ3v) is 3.57. The number of hydrogen-bond acceptors (Lipinski definition) is 4. The Kier molecular flexibility index (Phi) is 5.16. The summed E-state index contributed by atoms with van der Waals surface area (Å²) in [5.74, 6) is -1.05. The summed E-state index contributed by atoms with van der Waals surface area (Å²) in [6, 6.07) is 8.73. The van der Waals surface area contributed by atoms with Gasteiger partial charge in [0.2, 0.25) is 0 Å². The lowest BCUT2D eigenvalue weighted by atomic mass is 10.2. The van der Waals surface area contributed by atoms with Gasteiger partial charge in [-0.2, -0.15) is 0 Å². The van der Waals surface area contributed by atoms with Gasteiger partial charge in [-0.25, -0.2) is 9.37 Å². The minimum absolute atomic E-state index is 0.0325. The lowest BCUT2D eigenvalue weighted by molar-refractivity contribution is 0.102. The monoisotopic (exact) mass is 305 g/mol. The Balaban J connectivity index is 2.17. The van der Waals surface area contributed by atoms with Crippen LogP contribution in [0, 0.1) is 5.82 Å². The Morgan fingerprint density at radius 2 is 2.00 bits per heavy atom. The number of aromatic nitrogens is 1. The van der Waals surface area contributed by atoms with Crippen molar-refractivity contribution in [3.63, 3.8) is 0 Å². The van der Waals surface area contributed by atoms with Crippen LogP contribution in [-0.2, 0) is 0 Å². The summed E-state index contributed by atoms with van der Waals surface area (Å²) in [6.07, 6.45) is 3.38. The van der Waals surface area contributed by atoms with Crippen LogP contribution in [0.5, 0.6) is 0 Å². The summed E-state index contributed by atoms with van der Waals surface area (Å²) in [4.78, 5) is 17.1. The molecule has 21 heavy (non-hydrogen) atoms. The zero-order valence-electron chi connectivity index (χ0n) is 11.8. The lowest BCUT2D eigenvalue weighted by Crippen LogP contribution is -2.15. The number of carbonyl (C=O) groups excluding carboxylic acids is 1. The maximum Gasteiger partial charge on any atom is 0.258 e. The highest BCUT2D eigenvalue weighted by Crippen LogP contribution is 2.19. The van der Waals surface area contributed by atoms with E-state index in [1.807, 2.05) is 25.3 Å². The molecule has 0 fully saturated rings. The Bertz CT molecular complexity index is 631. The molecule has 2 rings (SSSR count). The van der Waals surface area contributed by atoms with E-state index in [2.05, 4.69) is 15.6 Å². The smallest absolute Gasteiger partial charge is 0.258 e. The average molecular weight is 305 g/mol. The van der Waals surface area contributed by atoms with Gasteiger partial charge < -0.3 is 10.6 Å². The minimum Gasteiger partial charge on any atom is -0.368 e. The number of anilines is 2. The van der Waals surface area contributed by atoms with Crippen LogP contribution in [0.15, 0.2) is 41.4 Å². The summed E-state index contributed by atoms with van der Waals surface area (Å²) in [5, 5.41) is 5.46. The van der Waals surface area contributed by atoms with Crippen LogP contribution >= 0.6 is 11.8 Å². The fourth-order valence-corrected chi connectivity index (χ4v) is 2.19. The summed E-state index contributed by atoms with van der Waals surface area (Å²) in [5.41, 5.74) is 0.592. The van der Waals surface area contributed by atoms with E-state index in [9.17, 15) is 9.18 Å². The number of nitrogens with zero attached hydrogens (tertiary/aromatic N) is 1. The Hall–Kier alpha value is -2.08. The third kappa shape index (κ3) is 3.72. The molecule has 0 spiro atoms. The number of amides is 1. The Morgan fingerprint density at radius 1 is 1.29 bits per heavy atom. The van der Waals surface area contributed by atoms with Crippen LogP contribution in [0.1, 0.15) is 17.3 Å². The van der Waals surface area contributed by atoms with E-state index in [0.717, 1.165) is 4.90 Å². The first-order valence-electron chi connectivity index (χ1n) is 6.49. The Morgan fingerprint density at radius 3 is 2.62 bits per heavy atom. The molecule has 0 saturated heterocycles. The second-order valence-electron chi connectivity index (χ2n) is 4.23. The number of benzene rings is 1. The van der Waals surface area contributed by atoms with Crippen molar-refractivity contribution in [3.05, 3.63) is 47.9 Å². The Labute approximate surface area is 127 Å². The van der Waals surface area contributed by atoms with Crippen molar-refractivity contribution in [2.75, 3.05) is 23.4 Å². The van der Waals surface area contributed by atoms with Crippen LogP contribution in [0.2, 0.25) is 0 Å². The van der Waals surface area contributed by atoms with Crippen molar-refractivity contribution in [2.24, 2.45) is 0 Å². The zero-order valence-corrected chi connectivity index (χ0v) is 12.6. The molecule has 2 aromatic rings. The SMILES string of the molecule is CCNc1nccc(C(=O)Nc2ccc(SC)cc2)c1F. The molecule has 0 aliphatic rings. The number of hydrogen-bond donors (Lipinski definition) is 2. The molecule has 0 atom stereocenters. The first kappa shape index (κ1) is 15.3. The lowest BCUT2D eigenvalue weighted by Gasteiger charge is -2.09. The second-order valence-corrected chi connectivity index (χ2v) is 5.11. The maximum atomic E-state index is 14.1. The predicted molar refractivity (Wildman–Crippen MR) is 84.5 cm³/mol. The molecule has 0 aliphatic heterocycles. The average Bonchev–Trinajstić information content (AvgIpc) is 2.50. The summed E-state index contributed by atoms with van der Waals surface area (Å²) in [6.45, 7) is 2.37. The number of nitrogens with one attached hydrogen (secondary N) is 2. The van der Waals surface area contributed by atoms with Crippen molar-refractivity contribution in [1.82, 2.24) is 4.98 Å². The van der Waals surface area contributed by atoms with Crippen molar-refractivity contribution in [3.8, 4) is 0 Å². The number of thioether (sulfide) groups is 1. The van der Waals surface area contributed by atoms with Gasteiger partial charge in [0.05, 0.1) is 5.56 Å². The van der Waals surface area contributed by atoms with Crippen molar-refractivity contribution >= 4 is 29.2 Å². The van der Waals surface area contributed by atoms with E-state index in [-0.39, 0.29) is 11.4 Å². The maximum absolute atomic E-state index is 14.1. The van der Waals surface area contributed by atoms with Gasteiger partial charge in [0.25, 0.3) is 5.91 Å². The summed E-state index contributed by atoms with van der Waals surface area (Å²) in [7, 11) is 0. The highest BCUT2D eigenvalue weighted by atomic mass is 32.2. The first-order valence-corrected chi connectivity index (χ1v) is 7.72. The normalized spacial score (nSPS) is 10.2. The van der Waals surface area contributed by atoms with Gasteiger partial charge in [-0.05, 0) is 43.5 Å². The number of pyridine rings is 1. The fourth-order valence-electron chi connectivity index (χ4n) is 1.78. The van der Waals surface area contributed by atoms with Crippen molar-refractivity contribution in [1.29, 1.82) is 0 Å². The minimum atomic E-state index is -0.641. The van der Waals surface area contributed by atoms with E-state index >= 15 is 0 Å². The van der Waals surface area contributed by atoms with Crippen LogP contribution in [0.3, 0.4) is 0 Å². The van der Waals surface area contributed by atoms with Crippen LogP contribution in [-0.4, -0.2) is 23.7 Å². The standard InChI is InChI=1S/C15H16FN3OS/c1-3-17-14-13(16)12(8-9-18-14)15(20)19-10-4-6-11(21-2)7-5-10/h4-9H,3H2,1-2H3,(H,17,18)(H,19,20). The van der Waals surface area contributed by atoms with Gasteiger partial charge in [0.1, 0.15) is 0 Å². The van der Waals surface area contributed by atoms with Gasteiger partial charge in [-0.15, -0.1) is 11.8 Å². The molecule has 6 heteroatoms.